The van der Waals surface area contributed by atoms with Gasteiger partial charge in [0.1, 0.15) is 17.7 Å². The van der Waals surface area contributed by atoms with Crippen molar-refractivity contribution in [3.8, 4) is 23.3 Å². The average Bonchev–Trinajstić information content (AvgIpc) is 2.78. The Hall–Kier alpha value is -4.89. The van der Waals surface area contributed by atoms with E-state index in [1.165, 1.54) is 24.3 Å². The Morgan fingerprint density at radius 3 is 2.42 bits per heavy atom. The van der Waals surface area contributed by atoms with Crippen molar-refractivity contribution in [2.45, 2.75) is 13.8 Å². The summed E-state index contributed by atoms with van der Waals surface area (Å²) in [6.07, 6.45) is 3.12. The maximum Gasteiger partial charge on any atom is 0.230 e. The molecule has 160 valence electrons. The van der Waals surface area contributed by atoms with Gasteiger partial charge in [0.25, 0.3) is 0 Å². The molecule has 9 heteroatoms. The minimum Gasteiger partial charge on any atom is -0.383 e. The zero-order valence-corrected chi connectivity index (χ0v) is 17.8. The van der Waals surface area contributed by atoms with Gasteiger partial charge in [-0.25, -0.2) is 9.37 Å². The molecule has 0 saturated carbocycles. The van der Waals surface area contributed by atoms with Gasteiger partial charge in [-0.15, -0.1) is 10.2 Å². The molecule has 4 rings (SSSR count). The fourth-order valence-electron chi connectivity index (χ4n) is 3.69. The highest BCUT2D eigenvalue weighted by atomic mass is 19.1. The van der Waals surface area contributed by atoms with Crippen LogP contribution in [0.25, 0.3) is 28.1 Å². The van der Waals surface area contributed by atoms with Crippen molar-refractivity contribution >= 4 is 34.6 Å². The fraction of sp³-hybridized carbons (Fsp3) is 0.0833. The molecule has 3 N–H and O–H groups in total. The van der Waals surface area contributed by atoms with Gasteiger partial charge < -0.3 is 11.1 Å². The lowest BCUT2D eigenvalue weighted by molar-refractivity contribution is 0.630. The number of benzene rings is 2. The topological polar surface area (TPSA) is 137 Å². The molecule has 0 bridgehead atoms. The van der Waals surface area contributed by atoms with Crippen LogP contribution < -0.4 is 11.1 Å². The van der Waals surface area contributed by atoms with Crippen LogP contribution in [0, 0.1) is 42.3 Å². The molecule has 2 heterocycles. The summed E-state index contributed by atoms with van der Waals surface area (Å²) in [7, 11) is 0. The van der Waals surface area contributed by atoms with E-state index in [0.29, 0.717) is 22.3 Å². The van der Waals surface area contributed by atoms with Gasteiger partial charge in [-0.1, -0.05) is 12.1 Å². The number of nitrogens with zero attached hydrogens (tertiary/aromatic N) is 6. The van der Waals surface area contributed by atoms with Gasteiger partial charge in [-0.3, -0.25) is 0 Å². The van der Waals surface area contributed by atoms with E-state index in [0.717, 1.165) is 22.3 Å². The Bertz CT molecular complexity index is 1470. The molecule has 8 nitrogen and oxygen atoms in total. The second-order valence-electron chi connectivity index (χ2n) is 7.31. The number of nitrogen functional groups attached to an aromatic ring is 1. The molecule has 0 aliphatic carbocycles. The van der Waals surface area contributed by atoms with Crippen molar-refractivity contribution in [2.24, 2.45) is 0 Å². The van der Waals surface area contributed by atoms with Crippen LogP contribution in [-0.4, -0.2) is 20.2 Å². The van der Waals surface area contributed by atoms with Crippen molar-refractivity contribution < 1.29 is 4.39 Å². The van der Waals surface area contributed by atoms with E-state index in [-0.39, 0.29) is 17.5 Å². The second kappa shape index (κ2) is 8.69. The molecule has 33 heavy (non-hydrogen) atoms. The zero-order chi connectivity index (χ0) is 23.5. The minimum atomic E-state index is -0.460. The molecule has 0 aliphatic heterocycles. The van der Waals surface area contributed by atoms with Crippen molar-refractivity contribution in [3.05, 3.63) is 70.7 Å². The molecule has 2 aromatic heterocycles. The average molecular weight is 436 g/mol. The van der Waals surface area contributed by atoms with Gasteiger partial charge in [0.2, 0.25) is 5.95 Å². The summed E-state index contributed by atoms with van der Waals surface area (Å²) in [5, 5.41) is 28.7. The minimum absolute atomic E-state index is 0.105. The van der Waals surface area contributed by atoms with Crippen LogP contribution in [0.5, 0.6) is 0 Å². The Kier molecular flexibility index (Phi) is 5.62. The first-order chi connectivity index (χ1) is 15.9. The normalized spacial score (nSPS) is 10.8. The standard InChI is InChI=1S/C24H17FN8/c1-13-8-15(4-3-7-26)9-14(2)21(13)18-10-16(25)11-19-22(18)30-24(31-23(19)28)29-20-6-5-17(12-27)32-33-20/h3-6,8-11H,1-2H3,(H3,28,29,30,31,33). The van der Waals surface area contributed by atoms with Crippen LogP contribution in [0.2, 0.25) is 0 Å². The fourth-order valence-corrected chi connectivity index (χ4v) is 3.69. The van der Waals surface area contributed by atoms with Crippen molar-refractivity contribution in [1.29, 1.82) is 10.5 Å². The van der Waals surface area contributed by atoms with E-state index in [1.54, 1.807) is 12.1 Å². The first-order valence-electron chi connectivity index (χ1n) is 9.85. The molecule has 0 amide bonds. The SMILES string of the molecule is Cc1cc(C=CC#N)cc(C)c1-c1cc(F)cc2c(N)nc(Nc3ccc(C#N)nn3)nc12. The Morgan fingerprint density at radius 1 is 1.03 bits per heavy atom. The summed E-state index contributed by atoms with van der Waals surface area (Å²) < 4.78 is 14.6. The number of nitriles is 2. The highest BCUT2D eigenvalue weighted by molar-refractivity contribution is 6.00. The number of aromatic nitrogens is 4. The Balaban J connectivity index is 1.88. The number of hydrogen-bond acceptors (Lipinski definition) is 8. The largest absolute Gasteiger partial charge is 0.383 e. The van der Waals surface area contributed by atoms with Crippen molar-refractivity contribution in [1.82, 2.24) is 20.2 Å². The zero-order valence-electron chi connectivity index (χ0n) is 17.8. The summed E-state index contributed by atoms with van der Waals surface area (Å²) in [5.41, 5.74) is 10.8. The number of nitrogens with one attached hydrogen (secondary N) is 1. The quantitative estimate of drug-likeness (QED) is 0.444. The molecule has 0 radical (unpaired) electrons. The molecular weight excluding hydrogens is 419 g/mol. The molecule has 2 aromatic carbocycles. The van der Waals surface area contributed by atoms with E-state index < -0.39 is 5.82 Å². The van der Waals surface area contributed by atoms with E-state index >= 15 is 0 Å². The Morgan fingerprint density at radius 2 is 1.79 bits per heavy atom. The smallest absolute Gasteiger partial charge is 0.230 e. The van der Waals surface area contributed by atoms with E-state index in [1.807, 2.05) is 38.1 Å². The maximum atomic E-state index is 14.6. The van der Waals surface area contributed by atoms with Gasteiger partial charge >= 0.3 is 0 Å². The number of anilines is 3. The van der Waals surface area contributed by atoms with Crippen molar-refractivity contribution in [3.63, 3.8) is 0 Å². The second-order valence-corrected chi connectivity index (χ2v) is 7.31. The number of aryl methyl sites for hydroxylation is 2. The van der Waals surface area contributed by atoms with Crippen LogP contribution >= 0.6 is 0 Å². The molecule has 0 spiro atoms. The lowest BCUT2D eigenvalue weighted by atomic mass is 9.92. The highest BCUT2D eigenvalue weighted by Crippen LogP contribution is 2.36. The number of nitrogens with two attached hydrogens (primary N) is 1. The summed E-state index contributed by atoms with van der Waals surface area (Å²) >= 11 is 0. The summed E-state index contributed by atoms with van der Waals surface area (Å²) in [5.74, 6) is 0.139. The molecule has 4 aromatic rings. The third-order valence-corrected chi connectivity index (χ3v) is 4.99. The van der Waals surface area contributed by atoms with Gasteiger partial charge in [-0.05, 0) is 66.4 Å². The highest BCUT2D eigenvalue weighted by Gasteiger charge is 2.17. The van der Waals surface area contributed by atoms with Gasteiger partial charge in [0, 0.05) is 17.0 Å². The van der Waals surface area contributed by atoms with E-state index in [2.05, 4.69) is 25.5 Å². The van der Waals surface area contributed by atoms with E-state index in [9.17, 15) is 4.39 Å². The summed E-state index contributed by atoms with van der Waals surface area (Å²) in [4.78, 5) is 8.81. The van der Waals surface area contributed by atoms with Crippen LogP contribution in [0.15, 0.2) is 42.5 Å². The lowest BCUT2D eigenvalue weighted by Crippen LogP contribution is -2.05. The van der Waals surface area contributed by atoms with E-state index in [4.69, 9.17) is 16.3 Å². The molecule has 0 fully saturated rings. The molecular formula is C24H17FN8. The maximum absolute atomic E-state index is 14.6. The Labute approximate surface area is 188 Å². The number of fused-ring (bicyclic) bond motifs is 1. The van der Waals surface area contributed by atoms with Gasteiger partial charge in [0.05, 0.1) is 11.6 Å². The monoisotopic (exact) mass is 436 g/mol. The summed E-state index contributed by atoms with van der Waals surface area (Å²) in [6, 6.07) is 13.5. The first kappa shape index (κ1) is 21.3. The third-order valence-electron chi connectivity index (χ3n) is 4.99. The molecule has 0 unspecified atom stereocenters. The number of rotatable bonds is 4. The van der Waals surface area contributed by atoms with Gasteiger partial charge in [0.15, 0.2) is 11.5 Å². The third kappa shape index (κ3) is 4.29. The molecule has 0 atom stereocenters. The number of allylic oxidation sites excluding steroid dienone is 1. The van der Waals surface area contributed by atoms with Crippen molar-refractivity contribution in [2.75, 3.05) is 11.1 Å². The predicted molar refractivity (Wildman–Crippen MR) is 123 cm³/mol. The number of hydrogen-bond donors (Lipinski definition) is 2. The van der Waals surface area contributed by atoms with Crippen LogP contribution in [0.4, 0.5) is 22.0 Å². The number of halogens is 1. The van der Waals surface area contributed by atoms with Crippen LogP contribution in [0.3, 0.4) is 0 Å². The summed E-state index contributed by atoms with van der Waals surface area (Å²) in [6.45, 7) is 3.83. The molecule has 0 aliphatic rings. The predicted octanol–water partition coefficient (Wildman–Crippen LogP) is 4.58. The van der Waals surface area contributed by atoms with Crippen LogP contribution in [0.1, 0.15) is 22.4 Å². The van der Waals surface area contributed by atoms with Crippen LogP contribution in [-0.2, 0) is 0 Å². The first-order valence-corrected chi connectivity index (χ1v) is 9.85. The van der Waals surface area contributed by atoms with Gasteiger partial charge in [-0.2, -0.15) is 15.5 Å². The lowest BCUT2D eigenvalue weighted by Gasteiger charge is -2.15. The molecule has 0 saturated heterocycles.